The SMILES string of the molecule is COCc1cc(C(=O)N2CC(C)(OCC(=O)O)C2)no1. The number of rotatable bonds is 6. The lowest BCUT2D eigenvalue weighted by molar-refractivity contribution is -0.160. The van der Waals surface area contributed by atoms with Crippen molar-refractivity contribution in [3.63, 3.8) is 0 Å². The van der Waals surface area contributed by atoms with Gasteiger partial charge in [-0.2, -0.15) is 0 Å². The maximum Gasteiger partial charge on any atom is 0.329 e. The van der Waals surface area contributed by atoms with E-state index in [9.17, 15) is 9.59 Å². The summed E-state index contributed by atoms with van der Waals surface area (Å²) >= 11 is 0. The Kier molecular flexibility index (Phi) is 4.05. The summed E-state index contributed by atoms with van der Waals surface area (Å²) in [4.78, 5) is 24.0. The van der Waals surface area contributed by atoms with E-state index in [4.69, 9.17) is 19.1 Å². The van der Waals surface area contributed by atoms with Gasteiger partial charge in [0.1, 0.15) is 18.8 Å². The van der Waals surface area contributed by atoms with Crippen LogP contribution in [0.1, 0.15) is 23.2 Å². The van der Waals surface area contributed by atoms with Gasteiger partial charge < -0.3 is 24.0 Å². The monoisotopic (exact) mass is 284 g/mol. The average Bonchev–Trinajstić information content (AvgIpc) is 2.81. The molecule has 1 aromatic heterocycles. The molecule has 110 valence electrons. The molecule has 2 rings (SSSR count). The van der Waals surface area contributed by atoms with E-state index in [2.05, 4.69) is 5.16 Å². The Morgan fingerprint density at radius 3 is 2.85 bits per heavy atom. The van der Waals surface area contributed by atoms with Crippen molar-refractivity contribution < 1.29 is 28.7 Å². The van der Waals surface area contributed by atoms with Crippen LogP contribution in [0.2, 0.25) is 0 Å². The van der Waals surface area contributed by atoms with E-state index in [1.807, 2.05) is 0 Å². The zero-order chi connectivity index (χ0) is 14.8. The van der Waals surface area contributed by atoms with E-state index in [0.717, 1.165) is 0 Å². The minimum absolute atomic E-state index is 0.206. The number of aliphatic carboxylic acids is 1. The smallest absolute Gasteiger partial charge is 0.329 e. The van der Waals surface area contributed by atoms with Gasteiger partial charge in [-0.05, 0) is 6.92 Å². The second-order valence-corrected chi connectivity index (χ2v) is 4.91. The topological polar surface area (TPSA) is 102 Å². The second-order valence-electron chi connectivity index (χ2n) is 4.91. The highest BCUT2D eigenvalue weighted by Crippen LogP contribution is 2.26. The Labute approximate surface area is 115 Å². The summed E-state index contributed by atoms with van der Waals surface area (Å²) in [5.74, 6) is -0.828. The lowest BCUT2D eigenvalue weighted by atomic mass is 9.96. The molecule has 20 heavy (non-hydrogen) atoms. The van der Waals surface area contributed by atoms with Gasteiger partial charge in [-0.1, -0.05) is 5.16 Å². The number of carboxylic acid groups (broad SMARTS) is 1. The summed E-state index contributed by atoms with van der Waals surface area (Å²) < 4.78 is 15.0. The maximum absolute atomic E-state index is 12.1. The van der Waals surface area contributed by atoms with Crippen LogP contribution in [-0.4, -0.2) is 59.4 Å². The molecule has 0 atom stereocenters. The van der Waals surface area contributed by atoms with Crippen LogP contribution in [0.5, 0.6) is 0 Å². The van der Waals surface area contributed by atoms with Crippen LogP contribution >= 0.6 is 0 Å². The molecular formula is C12H16N2O6. The van der Waals surface area contributed by atoms with Gasteiger partial charge in [0, 0.05) is 13.2 Å². The van der Waals surface area contributed by atoms with Crippen LogP contribution in [0.3, 0.4) is 0 Å². The number of carboxylic acids is 1. The van der Waals surface area contributed by atoms with E-state index in [1.165, 1.54) is 18.1 Å². The van der Waals surface area contributed by atoms with Gasteiger partial charge in [0.2, 0.25) is 0 Å². The Balaban J connectivity index is 1.87. The fourth-order valence-electron chi connectivity index (χ4n) is 2.02. The van der Waals surface area contributed by atoms with Crippen molar-refractivity contribution in [3.8, 4) is 0 Å². The number of methoxy groups -OCH3 is 1. The van der Waals surface area contributed by atoms with Crippen molar-refractivity contribution in [1.29, 1.82) is 0 Å². The molecule has 1 N–H and O–H groups in total. The number of hydrogen-bond acceptors (Lipinski definition) is 6. The van der Waals surface area contributed by atoms with Crippen LogP contribution in [0, 0.1) is 0 Å². The lowest BCUT2D eigenvalue weighted by Crippen LogP contribution is -2.63. The molecule has 1 saturated heterocycles. The molecule has 0 aromatic carbocycles. The molecule has 8 heteroatoms. The zero-order valence-electron chi connectivity index (χ0n) is 11.3. The molecule has 1 amide bonds. The Morgan fingerprint density at radius 2 is 2.25 bits per heavy atom. The molecule has 0 saturated carbocycles. The third kappa shape index (κ3) is 3.14. The number of ether oxygens (including phenoxy) is 2. The Hall–Kier alpha value is -1.93. The van der Waals surface area contributed by atoms with E-state index >= 15 is 0 Å². The van der Waals surface area contributed by atoms with Gasteiger partial charge in [-0.25, -0.2) is 4.79 Å². The van der Waals surface area contributed by atoms with Gasteiger partial charge in [0.15, 0.2) is 11.5 Å². The highest BCUT2D eigenvalue weighted by molar-refractivity contribution is 5.93. The van der Waals surface area contributed by atoms with Gasteiger partial charge >= 0.3 is 5.97 Å². The van der Waals surface area contributed by atoms with Gasteiger partial charge in [0.05, 0.1) is 13.1 Å². The van der Waals surface area contributed by atoms with Crippen molar-refractivity contribution in [2.24, 2.45) is 0 Å². The zero-order valence-corrected chi connectivity index (χ0v) is 11.3. The van der Waals surface area contributed by atoms with E-state index in [0.29, 0.717) is 18.8 Å². The molecule has 1 aliphatic rings. The van der Waals surface area contributed by atoms with Crippen LogP contribution in [0.25, 0.3) is 0 Å². The van der Waals surface area contributed by atoms with E-state index in [-0.39, 0.29) is 24.8 Å². The van der Waals surface area contributed by atoms with Crippen LogP contribution < -0.4 is 0 Å². The summed E-state index contributed by atoms with van der Waals surface area (Å²) in [6.07, 6.45) is 0. The predicted molar refractivity (Wildman–Crippen MR) is 65.1 cm³/mol. The number of amides is 1. The molecule has 0 unspecified atom stereocenters. The number of nitrogens with zero attached hydrogens (tertiary/aromatic N) is 2. The van der Waals surface area contributed by atoms with Gasteiger partial charge in [-0.15, -0.1) is 0 Å². The third-order valence-electron chi connectivity index (χ3n) is 2.95. The fourth-order valence-corrected chi connectivity index (χ4v) is 2.02. The van der Waals surface area contributed by atoms with Crippen molar-refractivity contribution in [1.82, 2.24) is 10.1 Å². The summed E-state index contributed by atoms with van der Waals surface area (Å²) in [5, 5.41) is 12.2. The largest absolute Gasteiger partial charge is 0.480 e. The normalized spacial score (nSPS) is 16.8. The quantitative estimate of drug-likeness (QED) is 0.792. The first kappa shape index (κ1) is 14.5. The highest BCUT2D eigenvalue weighted by Gasteiger charge is 2.43. The first-order chi connectivity index (χ1) is 9.43. The van der Waals surface area contributed by atoms with Gasteiger partial charge in [-0.3, -0.25) is 4.79 Å². The maximum atomic E-state index is 12.1. The summed E-state index contributed by atoms with van der Waals surface area (Å²) in [7, 11) is 1.52. The molecule has 0 spiro atoms. The number of aromatic nitrogens is 1. The van der Waals surface area contributed by atoms with Crippen molar-refractivity contribution in [2.75, 3.05) is 26.8 Å². The molecule has 0 bridgehead atoms. The predicted octanol–water partition coefficient (Wildman–Crippen LogP) is 0.137. The molecule has 1 aliphatic heterocycles. The minimum atomic E-state index is -1.03. The lowest BCUT2D eigenvalue weighted by Gasteiger charge is -2.46. The molecule has 1 fully saturated rings. The van der Waals surface area contributed by atoms with Crippen LogP contribution in [0.4, 0.5) is 0 Å². The summed E-state index contributed by atoms with van der Waals surface area (Å²) in [5.41, 5.74) is -0.412. The molecule has 8 nitrogen and oxygen atoms in total. The highest BCUT2D eigenvalue weighted by atomic mass is 16.5. The summed E-state index contributed by atoms with van der Waals surface area (Å²) in [6, 6.07) is 1.53. The van der Waals surface area contributed by atoms with E-state index in [1.54, 1.807) is 6.92 Å². The van der Waals surface area contributed by atoms with Crippen molar-refractivity contribution >= 4 is 11.9 Å². The molecule has 2 heterocycles. The number of carbonyl (C=O) groups excluding carboxylic acids is 1. The second kappa shape index (κ2) is 5.59. The van der Waals surface area contributed by atoms with E-state index < -0.39 is 11.6 Å². The third-order valence-corrected chi connectivity index (χ3v) is 2.95. The number of hydrogen-bond donors (Lipinski definition) is 1. The molecular weight excluding hydrogens is 268 g/mol. The first-order valence-electron chi connectivity index (χ1n) is 6.03. The Morgan fingerprint density at radius 1 is 1.55 bits per heavy atom. The summed E-state index contributed by atoms with van der Waals surface area (Å²) in [6.45, 7) is 2.29. The Bertz CT molecular complexity index is 506. The molecule has 0 radical (unpaired) electrons. The van der Waals surface area contributed by atoms with Crippen molar-refractivity contribution in [3.05, 3.63) is 17.5 Å². The van der Waals surface area contributed by atoms with Gasteiger partial charge in [0.25, 0.3) is 5.91 Å². The van der Waals surface area contributed by atoms with Crippen LogP contribution in [-0.2, 0) is 20.9 Å². The number of likely N-dealkylation sites (tertiary alicyclic amines) is 1. The average molecular weight is 284 g/mol. The van der Waals surface area contributed by atoms with Crippen LogP contribution in [0.15, 0.2) is 10.6 Å². The fraction of sp³-hybridized carbons (Fsp3) is 0.583. The van der Waals surface area contributed by atoms with Crippen molar-refractivity contribution in [2.45, 2.75) is 19.1 Å². The minimum Gasteiger partial charge on any atom is -0.480 e. The standard InChI is InChI=1S/C12H16N2O6/c1-12(19-5-10(15)16)6-14(7-12)11(17)9-3-8(4-18-2)20-13-9/h3H,4-7H2,1-2H3,(H,15,16). The first-order valence-corrected chi connectivity index (χ1v) is 6.03. The molecule has 1 aromatic rings. The molecule has 0 aliphatic carbocycles. The number of carbonyl (C=O) groups is 2.